The van der Waals surface area contributed by atoms with Crippen LogP contribution in [0.4, 0.5) is 5.69 Å². The average Bonchev–Trinajstić information content (AvgIpc) is 3.13. The number of rotatable bonds is 4. The van der Waals surface area contributed by atoms with Crippen LogP contribution in [0.3, 0.4) is 0 Å². The van der Waals surface area contributed by atoms with Gasteiger partial charge in [0.05, 0.1) is 10.0 Å². The Balaban J connectivity index is 1.53. The summed E-state index contributed by atoms with van der Waals surface area (Å²) in [6.07, 6.45) is 0. The van der Waals surface area contributed by atoms with Gasteiger partial charge in [0.1, 0.15) is 6.54 Å². The lowest BCUT2D eigenvalue weighted by molar-refractivity contribution is -0.122. The van der Waals surface area contributed by atoms with Gasteiger partial charge in [-0.1, -0.05) is 45.2 Å². The molecule has 0 radical (unpaired) electrons. The van der Waals surface area contributed by atoms with E-state index >= 15 is 0 Å². The predicted octanol–water partition coefficient (Wildman–Crippen LogP) is 3.74. The van der Waals surface area contributed by atoms with Crippen molar-refractivity contribution < 1.29 is 4.79 Å². The highest BCUT2D eigenvalue weighted by Crippen LogP contribution is 2.31. The Bertz CT molecular complexity index is 1080. The van der Waals surface area contributed by atoms with Crippen LogP contribution < -0.4 is 16.2 Å². The van der Waals surface area contributed by atoms with Crippen molar-refractivity contribution in [1.82, 2.24) is 31.1 Å². The first-order chi connectivity index (χ1) is 13.8. The summed E-state index contributed by atoms with van der Waals surface area (Å²) in [7, 11) is 0. The van der Waals surface area contributed by atoms with Crippen LogP contribution in [0.1, 0.15) is 5.56 Å². The Kier molecular flexibility index (Phi) is 7.01. The monoisotopic (exact) mass is 513 g/mol. The van der Waals surface area contributed by atoms with Crippen LogP contribution in [0, 0.1) is 6.92 Å². The zero-order valence-electron chi connectivity index (χ0n) is 14.9. The van der Waals surface area contributed by atoms with E-state index in [1.807, 2.05) is 25.1 Å². The third-order valence-corrected chi connectivity index (χ3v) is 5.57. The molecule has 3 rings (SSSR count). The van der Waals surface area contributed by atoms with E-state index in [1.54, 1.807) is 18.2 Å². The van der Waals surface area contributed by atoms with E-state index in [2.05, 4.69) is 47.5 Å². The summed E-state index contributed by atoms with van der Waals surface area (Å²) in [5.41, 5.74) is 7.46. The number of carbonyl (C=O) groups is 1. The molecule has 0 bridgehead atoms. The predicted molar refractivity (Wildman–Crippen MR) is 120 cm³/mol. The number of hydrogen-bond donors (Lipinski definition) is 3. The van der Waals surface area contributed by atoms with Gasteiger partial charge < -0.3 is 5.32 Å². The van der Waals surface area contributed by atoms with Crippen LogP contribution >= 0.6 is 51.3 Å². The zero-order valence-corrected chi connectivity index (χ0v) is 18.8. The van der Waals surface area contributed by atoms with Crippen LogP contribution in [-0.2, 0) is 11.3 Å². The standard InChI is InChI=1S/C17H14BrCl2N7OS/c1-9-7-10(5-6-12(9)18)21-17(29)24-22-14(28)8-27-25-16(23-26-27)11-3-2-4-13(19)15(11)20/h2-7H,8H2,1H3,(H,22,28)(H2,21,24,29). The molecule has 0 saturated carbocycles. The zero-order chi connectivity index (χ0) is 21.0. The molecule has 0 unspecified atom stereocenters. The van der Waals surface area contributed by atoms with Gasteiger partial charge in [0.15, 0.2) is 5.11 Å². The molecule has 2 aromatic carbocycles. The van der Waals surface area contributed by atoms with Crippen molar-refractivity contribution in [2.75, 3.05) is 5.32 Å². The normalized spacial score (nSPS) is 10.5. The summed E-state index contributed by atoms with van der Waals surface area (Å²) in [6.45, 7) is 1.79. The fourth-order valence-electron chi connectivity index (χ4n) is 2.27. The fraction of sp³-hybridized carbons (Fsp3) is 0.118. The molecule has 3 aromatic rings. The highest BCUT2D eigenvalue weighted by Gasteiger charge is 2.13. The van der Waals surface area contributed by atoms with Crippen LogP contribution in [-0.4, -0.2) is 31.2 Å². The van der Waals surface area contributed by atoms with E-state index < -0.39 is 5.91 Å². The van der Waals surface area contributed by atoms with Crippen LogP contribution in [0.15, 0.2) is 40.9 Å². The second-order valence-electron chi connectivity index (χ2n) is 5.84. The molecular formula is C17H14BrCl2N7OS. The number of nitrogens with zero attached hydrogens (tertiary/aromatic N) is 4. The first kappa shape index (κ1) is 21.4. The van der Waals surface area contributed by atoms with Crippen molar-refractivity contribution in [2.45, 2.75) is 13.5 Å². The summed E-state index contributed by atoms with van der Waals surface area (Å²) in [6, 6.07) is 10.8. The summed E-state index contributed by atoms with van der Waals surface area (Å²) in [5.74, 6) is -0.150. The molecule has 3 N–H and O–H groups in total. The molecule has 8 nitrogen and oxygen atoms in total. The Labute approximate surface area is 190 Å². The molecule has 1 amide bonds. The number of aryl methyl sites for hydroxylation is 1. The summed E-state index contributed by atoms with van der Waals surface area (Å²) in [5, 5.41) is 15.8. The van der Waals surface area contributed by atoms with Crippen molar-refractivity contribution in [2.24, 2.45) is 0 Å². The maximum Gasteiger partial charge on any atom is 0.262 e. The maximum atomic E-state index is 12.1. The van der Waals surface area contributed by atoms with E-state index in [4.69, 9.17) is 35.4 Å². The van der Waals surface area contributed by atoms with Gasteiger partial charge in [-0.15, -0.1) is 10.2 Å². The molecule has 150 valence electrons. The minimum atomic E-state index is -0.415. The number of benzene rings is 2. The van der Waals surface area contributed by atoms with Crippen molar-refractivity contribution in [1.29, 1.82) is 0 Å². The van der Waals surface area contributed by atoms with E-state index in [9.17, 15) is 4.79 Å². The van der Waals surface area contributed by atoms with E-state index in [1.165, 1.54) is 0 Å². The fourth-order valence-corrected chi connectivity index (χ4v) is 3.07. The second kappa shape index (κ2) is 9.49. The summed E-state index contributed by atoms with van der Waals surface area (Å²) < 4.78 is 0.994. The second-order valence-corrected chi connectivity index (χ2v) is 7.88. The number of nitrogens with one attached hydrogen (secondary N) is 3. The first-order valence-electron chi connectivity index (χ1n) is 8.17. The quantitative estimate of drug-likeness (QED) is 0.360. The lowest BCUT2D eigenvalue weighted by Crippen LogP contribution is -2.45. The number of tetrazole rings is 1. The molecule has 0 saturated heterocycles. The Morgan fingerprint density at radius 3 is 2.79 bits per heavy atom. The molecule has 0 aliphatic rings. The third-order valence-electron chi connectivity index (χ3n) is 3.66. The number of thiocarbonyl (C=S) groups is 1. The molecule has 0 spiro atoms. The number of amides is 1. The molecule has 0 aliphatic heterocycles. The largest absolute Gasteiger partial charge is 0.331 e. The number of carbonyl (C=O) groups excluding carboxylic acids is 1. The van der Waals surface area contributed by atoms with E-state index in [0.717, 1.165) is 20.5 Å². The van der Waals surface area contributed by atoms with Gasteiger partial charge in [0.2, 0.25) is 5.82 Å². The lowest BCUT2D eigenvalue weighted by atomic mass is 10.2. The molecule has 0 aliphatic carbocycles. The van der Waals surface area contributed by atoms with E-state index in [0.29, 0.717) is 15.6 Å². The topological polar surface area (TPSA) is 96.8 Å². The molecule has 29 heavy (non-hydrogen) atoms. The van der Waals surface area contributed by atoms with E-state index in [-0.39, 0.29) is 17.5 Å². The van der Waals surface area contributed by atoms with Crippen LogP contribution in [0.2, 0.25) is 10.0 Å². The summed E-state index contributed by atoms with van der Waals surface area (Å²) >= 11 is 20.7. The van der Waals surface area contributed by atoms with Crippen molar-refractivity contribution in [3.63, 3.8) is 0 Å². The average molecular weight is 515 g/mol. The van der Waals surface area contributed by atoms with Gasteiger partial charge in [-0.05, 0) is 60.3 Å². The SMILES string of the molecule is Cc1cc(NC(=S)NNC(=O)Cn2nnc(-c3cccc(Cl)c3Cl)n2)ccc1Br. The highest BCUT2D eigenvalue weighted by atomic mass is 79.9. The van der Waals surface area contributed by atoms with Gasteiger partial charge >= 0.3 is 0 Å². The molecule has 1 aromatic heterocycles. The smallest absolute Gasteiger partial charge is 0.262 e. The molecule has 12 heteroatoms. The minimum absolute atomic E-state index is 0.168. The third kappa shape index (κ3) is 5.63. The molecular weight excluding hydrogens is 501 g/mol. The number of halogens is 3. The summed E-state index contributed by atoms with van der Waals surface area (Å²) in [4.78, 5) is 13.2. The first-order valence-corrected chi connectivity index (χ1v) is 10.1. The molecule has 0 atom stereocenters. The van der Waals surface area contributed by atoms with Crippen molar-refractivity contribution in [3.8, 4) is 11.4 Å². The number of anilines is 1. The van der Waals surface area contributed by atoms with Gasteiger partial charge in [-0.25, -0.2) is 0 Å². The minimum Gasteiger partial charge on any atom is -0.331 e. The van der Waals surface area contributed by atoms with Crippen LogP contribution in [0.25, 0.3) is 11.4 Å². The number of hydrazine groups is 1. The lowest BCUT2D eigenvalue weighted by Gasteiger charge is -2.12. The van der Waals surface area contributed by atoms with Crippen LogP contribution in [0.5, 0.6) is 0 Å². The maximum absolute atomic E-state index is 12.1. The van der Waals surface area contributed by atoms with Gasteiger partial charge in [-0.2, -0.15) is 4.80 Å². The molecule has 1 heterocycles. The van der Waals surface area contributed by atoms with Crippen molar-refractivity contribution in [3.05, 3.63) is 56.5 Å². The Morgan fingerprint density at radius 2 is 2.03 bits per heavy atom. The number of aromatic nitrogens is 4. The highest BCUT2D eigenvalue weighted by molar-refractivity contribution is 9.10. The Hall–Kier alpha value is -2.27. The molecule has 0 fully saturated rings. The van der Waals surface area contributed by atoms with Gasteiger partial charge in [0, 0.05) is 15.7 Å². The van der Waals surface area contributed by atoms with Crippen molar-refractivity contribution >= 4 is 68.1 Å². The van der Waals surface area contributed by atoms with Gasteiger partial charge in [-0.3, -0.25) is 15.6 Å². The van der Waals surface area contributed by atoms with Gasteiger partial charge in [0.25, 0.3) is 5.91 Å². The Morgan fingerprint density at radius 1 is 1.24 bits per heavy atom. The number of hydrogen-bond acceptors (Lipinski definition) is 5.